The molecule has 1 heterocycles. The number of hydrogen-bond acceptors (Lipinski definition) is 3. The molecule has 0 saturated heterocycles. The predicted molar refractivity (Wildman–Crippen MR) is 86.9 cm³/mol. The lowest BCUT2D eigenvalue weighted by Gasteiger charge is -2.00. The van der Waals surface area contributed by atoms with Crippen molar-refractivity contribution in [1.82, 2.24) is 4.98 Å². The van der Waals surface area contributed by atoms with Crippen LogP contribution in [0, 0.1) is 5.82 Å². The van der Waals surface area contributed by atoms with Gasteiger partial charge in [-0.05, 0) is 37.0 Å². The topological polar surface area (TPSA) is 43.1 Å². The molecule has 0 saturated carbocycles. The molecule has 0 fully saturated rings. The molecule has 0 aliphatic carbocycles. The Labute approximate surface area is 134 Å². The van der Waals surface area contributed by atoms with Crippen molar-refractivity contribution in [1.29, 1.82) is 0 Å². The molecular weight excluding hydrogens is 293 g/mol. The Morgan fingerprint density at radius 2 is 1.87 bits per heavy atom. The van der Waals surface area contributed by atoms with Gasteiger partial charge in [-0.1, -0.05) is 36.8 Å². The molecule has 0 bridgehead atoms. The quantitative estimate of drug-likeness (QED) is 0.458. The van der Waals surface area contributed by atoms with Gasteiger partial charge in [-0.3, -0.25) is 4.79 Å². The third-order valence-corrected chi connectivity index (χ3v) is 3.80. The molecule has 0 unspecified atom stereocenters. The Morgan fingerprint density at radius 1 is 1.04 bits per heavy atom. The van der Waals surface area contributed by atoms with Crippen LogP contribution < -0.4 is 0 Å². The number of ketones is 1. The number of aryl methyl sites for hydroxylation is 1. The number of halogens is 1. The van der Waals surface area contributed by atoms with Crippen molar-refractivity contribution in [2.45, 2.75) is 32.1 Å². The highest BCUT2D eigenvalue weighted by Crippen LogP contribution is 2.18. The monoisotopic (exact) mass is 311 g/mol. The number of nitrogens with zero attached hydrogens (tertiary/aromatic N) is 1. The summed E-state index contributed by atoms with van der Waals surface area (Å²) in [5.74, 6) is -0.430. The molecule has 0 radical (unpaired) electrons. The highest BCUT2D eigenvalue weighted by Gasteiger charge is 2.14. The number of rotatable bonds is 7. The van der Waals surface area contributed by atoms with Crippen LogP contribution in [0.1, 0.15) is 41.9 Å². The molecule has 118 valence electrons. The Hall–Kier alpha value is -2.49. The van der Waals surface area contributed by atoms with Crippen LogP contribution in [0.15, 0.2) is 52.9 Å². The highest BCUT2D eigenvalue weighted by molar-refractivity contribution is 5.94. The number of unbranched alkanes of at least 4 members (excludes halogenated alkanes) is 2. The van der Waals surface area contributed by atoms with Crippen molar-refractivity contribution in [3.05, 3.63) is 65.8 Å². The second-order valence-electron chi connectivity index (χ2n) is 5.60. The van der Waals surface area contributed by atoms with Crippen LogP contribution in [0.4, 0.5) is 4.39 Å². The number of carbonyl (C=O) groups is 1. The van der Waals surface area contributed by atoms with Crippen LogP contribution in [0.25, 0.3) is 11.1 Å². The number of hydrogen-bond donors (Lipinski definition) is 0. The molecule has 3 aromatic rings. The van der Waals surface area contributed by atoms with E-state index < -0.39 is 0 Å². The molecule has 23 heavy (non-hydrogen) atoms. The average Bonchev–Trinajstić information content (AvgIpc) is 2.98. The average molecular weight is 311 g/mol. The maximum absolute atomic E-state index is 13.1. The summed E-state index contributed by atoms with van der Waals surface area (Å²) in [6.07, 6.45) is 4.27. The Kier molecular flexibility index (Phi) is 4.81. The molecule has 3 rings (SSSR count). The number of oxazole rings is 1. The molecule has 4 heteroatoms. The second kappa shape index (κ2) is 7.18. The summed E-state index contributed by atoms with van der Waals surface area (Å²) in [5, 5.41) is 0. The summed E-state index contributed by atoms with van der Waals surface area (Å²) in [6.45, 7) is 0. The van der Waals surface area contributed by atoms with Gasteiger partial charge in [0.15, 0.2) is 5.58 Å². The summed E-state index contributed by atoms with van der Waals surface area (Å²) in [7, 11) is 0. The van der Waals surface area contributed by atoms with Crippen molar-refractivity contribution in [3.63, 3.8) is 0 Å². The minimum absolute atomic E-state index is 0.0775. The van der Waals surface area contributed by atoms with E-state index in [9.17, 15) is 9.18 Å². The van der Waals surface area contributed by atoms with Crippen molar-refractivity contribution >= 4 is 16.9 Å². The zero-order valence-corrected chi connectivity index (χ0v) is 12.8. The summed E-state index contributed by atoms with van der Waals surface area (Å²) in [6, 6.07) is 14.4. The van der Waals surface area contributed by atoms with Gasteiger partial charge in [0, 0.05) is 12.5 Å². The zero-order valence-electron chi connectivity index (χ0n) is 12.8. The molecule has 0 spiro atoms. The summed E-state index contributed by atoms with van der Waals surface area (Å²) in [5.41, 5.74) is 2.15. The number of aromatic nitrogens is 1. The smallest absolute Gasteiger partial charge is 0.264 e. The van der Waals surface area contributed by atoms with Crippen LogP contribution in [0.2, 0.25) is 0 Å². The maximum atomic E-state index is 13.1. The minimum atomic E-state index is -0.384. The van der Waals surface area contributed by atoms with Crippen molar-refractivity contribution < 1.29 is 13.6 Å². The van der Waals surface area contributed by atoms with Gasteiger partial charge in [0.25, 0.3) is 5.89 Å². The molecule has 0 aliphatic rings. The van der Waals surface area contributed by atoms with Crippen LogP contribution in [-0.4, -0.2) is 10.8 Å². The SMILES string of the molecule is O=C(CCCCCc1ccccc1)c1nc2cc(F)ccc2o1. The van der Waals surface area contributed by atoms with Gasteiger partial charge in [0.2, 0.25) is 5.78 Å². The Morgan fingerprint density at radius 3 is 2.70 bits per heavy atom. The normalized spacial score (nSPS) is 11.0. The fraction of sp³-hybridized carbons (Fsp3) is 0.263. The minimum Gasteiger partial charge on any atom is -0.434 e. The van der Waals surface area contributed by atoms with Gasteiger partial charge in [-0.15, -0.1) is 0 Å². The van der Waals surface area contributed by atoms with Gasteiger partial charge < -0.3 is 4.42 Å². The largest absolute Gasteiger partial charge is 0.434 e. The first-order chi connectivity index (χ1) is 11.2. The second-order valence-corrected chi connectivity index (χ2v) is 5.60. The van der Waals surface area contributed by atoms with Crippen molar-refractivity contribution in [3.8, 4) is 0 Å². The first-order valence-corrected chi connectivity index (χ1v) is 7.85. The van der Waals surface area contributed by atoms with E-state index in [2.05, 4.69) is 17.1 Å². The molecule has 1 aromatic heterocycles. The number of benzene rings is 2. The first-order valence-electron chi connectivity index (χ1n) is 7.85. The van der Waals surface area contributed by atoms with Crippen LogP contribution in [0.5, 0.6) is 0 Å². The molecule has 2 aromatic carbocycles. The lowest BCUT2D eigenvalue weighted by molar-refractivity contribution is 0.0947. The molecular formula is C19H18FNO2. The van der Waals surface area contributed by atoms with Crippen LogP contribution in [0.3, 0.4) is 0 Å². The Bertz CT molecular complexity index is 795. The highest BCUT2D eigenvalue weighted by atomic mass is 19.1. The van der Waals surface area contributed by atoms with Crippen LogP contribution >= 0.6 is 0 Å². The molecule has 0 N–H and O–H groups in total. The van der Waals surface area contributed by atoms with Gasteiger partial charge in [0.05, 0.1) is 0 Å². The van der Waals surface area contributed by atoms with E-state index in [0.29, 0.717) is 17.5 Å². The van der Waals surface area contributed by atoms with Gasteiger partial charge in [-0.2, -0.15) is 0 Å². The molecule has 0 atom stereocenters. The van der Waals surface area contributed by atoms with Crippen molar-refractivity contribution in [2.24, 2.45) is 0 Å². The fourth-order valence-electron chi connectivity index (χ4n) is 2.56. The summed E-state index contributed by atoms with van der Waals surface area (Å²) >= 11 is 0. The first kappa shape index (κ1) is 15.4. The van der Waals surface area contributed by atoms with E-state index in [4.69, 9.17) is 4.42 Å². The fourth-order valence-corrected chi connectivity index (χ4v) is 2.56. The number of Topliss-reactive ketones (excluding diaryl/α,β-unsaturated/α-hetero) is 1. The lowest BCUT2D eigenvalue weighted by Crippen LogP contribution is -1.99. The Balaban J connectivity index is 1.47. The van der Waals surface area contributed by atoms with E-state index in [1.165, 1.54) is 23.8 Å². The number of fused-ring (bicyclic) bond motifs is 1. The van der Waals surface area contributed by atoms with Crippen LogP contribution in [-0.2, 0) is 6.42 Å². The van der Waals surface area contributed by atoms with Gasteiger partial charge >= 0.3 is 0 Å². The third-order valence-electron chi connectivity index (χ3n) is 3.80. The van der Waals surface area contributed by atoms with E-state index in [0.717, 1.165) is 25.7 Å². The van der Waals surface area contributed by atoms with Gasteiger partial charge in [-0.25, -0.2) is 9.37 Å². The predicted octanol–water partition coefficient (Wildman–Crippen LogP) is 4.95. The molecule has 0 amide bonds. The van der Waals surface area contributed by atoms with E-state index >= 15 is 0 Å². The number of carbonyl (C=O) groups excluding carboxylic acids is 1. The van der Waals surface area contributed by atoms with Gasteiger partial charge in [0.1, 0.15) is 11.3 Å². The molecule has 0 aliphatic heterocycles. The van der Waals surface area contributed by atoms with E-state index in [-0.39, 0.29) is 17.5 Å². The zero-order chi connectivity index (χ0) is 16.1. The molecule has 3 nitrogen and oxygen atoms in total. The van der Waals surface area contributed by atoms with E-state index in [1.807, 2.05) is 18.2 Å². The van der Waals surface area contributed by atoms with E-state index in [1.54, 1.807) is 0 Å². The lowest BCUT2D eigenvalue weighted by atomic mass is 10.1. The summed E-state index contributed by atoms with van der Waals surface area (Å²) < 4.78 is 18.5. The third kappa shape index (κ3) is 4.03. The maximum Gasteiger partial charge on any atom is 0.264 e. The standard InChI is InChI=1S/C19H18FNO2/c20-15-11-12-18-16(13-15)21-19(23-18)17(22)10-6-2-5-9-14-7-3-1-4-8-14/h1,3-4,7-8,11-13H,2,5-6,9-10H2. The summed E-state index contributed by atoms with van der Waals surface area (Å²) in [4.78, 5) is 16.1. The van der Waals surface area contributed by atoms with Crippen molar-refractivity contribution in [2.75, 3.05) is 0 Å².